The molecule has 1 aliphatic rings. The fourth-order valence-corrected chi connectivity index (χ4v) is 1.87. The maximum Gasteiger partial charge on any atom is 0.393 e. The summed E-state index contributed by atoms with van der Waals surface area (Å²) in [5.74, 6) is -0.785. The van der Waals surface area contributed by atoms with Gasteiger partial charge in [-0.15, -0.1) is 5.10 Å². The molecule has 0 aliphatic carbocycles. The highest BCUT2D eigenvalue weighted by Crippen LogP contribution is 2.34. The van der Waals surface area contributed by atoms with E-state index in [9.17, 15) is 13.2 Å². The summed E-state index contributed by atoms with van der Waals surface area (Å²) in [7, 11) is 0. The zero-order chi connectivity index (χ0) is 12.5. The van der Waals surface area contributed by atoms with Crippen molar-refractivity contribution in [3.05, 3.63) is 17.8 Å². The first kappa shape index (κ1) is 12.1. The van der Waals surface area contributed by atoms with Gasteiger partial charge in [-0.3, -0.25) is 0 Å². The largest absolute Gasteiger partial charge is 0.393 e. The first-order valence-corrected chi connectivity index (χ1v) is 5.35. The maximum atomic E-state index is 12.5. The third-order valence-corrected chi connectivity index (χ3v) is 2.89. The molecule has 0 saturated carbocycles. The molecule has 1 saturated heterocycles. The SMILES string of the molecule is NCc1ccc(N2CCC(C(F)(F)F)C2)nn1. The molecule has 2 rings (SSSR count). The van der Waals surface area contributed by atoms with Gasteiger partial charge in [-0.2, -0.15) is 18.3 Å². The molecule has 1 aromatic rings. The van der Waals surface area contributed by atoms with Gasteiger partial charge >= 0.3 is 6.18 Å². The molecule has 0 spiro atoms. The Kier molecular flexibility index (Phi) is 3.19. The van der Waals surface area contributed by atoms with Crippen LogP contribution < -0.4 is 10.6 Å². The van der Waals surface area contributed by atoms with Crippen molar-refractivity contribution in [2.24, 2.45) is 11.7 Å². The van der Waals surface area contributed by atoms with Gasteiger partial charge in [0.25, 0.3) is 0 Å². The van der Waals surface area contributed by atoms with Crippen molar-refractivity contribution in [1.82, 2.24) is 10.2 Å². The summed E-state index contributed by atoms with van der Waals surface area (Å²) < 4.78 is 37.5. The van der Waals surface area contributed by atoms with Crippen LogP contribution in [-0.4, -0.2) is 29.5 Å². The minimum Gasteiger partial charge on any atom is -0.354 e. The van der Waals surface area contributed by atoms with Crippen molar-refractivity contribution in [2.45, 2.75) is 19.1 Å². The van der Waals surface area contributed by atoms with Crippen LogP contribution >= 0.6 is 0 Å². The molecule has 17 heavy (non-hydrogen) atoms. The number of rotatable bonds is 2. The molecular formula is C10H13F3N4. The highest BCUT2D eigenvalue weighted by molar-refractivity contribution is 5.38. The molecule has 1 unspecified atom stereocenters. The van der Waals surface area contributed by atoms with Crippen molar-refractivity contribution in [3.63, 3.8) is 0 Å². The molecule has 0 aromatic carbocycles. The standard InChI is InChI=1S/C10H13F3N4/c11-10(12,13)7-3-4-17(6-7)9-2-1-8(5-14)15-16-9/h1-2,7H,3-6,14H2. The molecule has 1 atom stereocenters. The highest BCUT2D eigenvalue weighted by atomic mass is 19.4. The van der Waals surface area contributed by atoms with Gasteiger partial charge in [0.2, 0.25) is 0 Å². The van der Waals surface area contributed by atoms with Crippen LogP contribution in [0.25, 0.3) is 0 Å². The molecule has 94 valence electrons. The molecule has 1 aromatic heterocycles. The molecule has 2 heterocycles. The predicted molar refractivity (Wildman–Crippen MR) is 56.3 cm³/mol. The average molecular weight is 246 g/mol. The first-order chi connectivity index (χ1) is 8.00. The first-order valence-electron chi connectivity index (χ1n) is 5.35. The van der Waals surface area contributed by atoms with Gasteiger partial charge in [-0.05, 0) is 18.6 Å². The molecule has 7 heteroatoms. The van der Waals surface area contributed by atoms with Crippen molar-refractivity contribution in [3.8, 4) is 0 Å². The van der Waals surface area contributed by atoms with Crippen LogP contribution in [0.1, 0.15) is 12.1 Å². The summed E-state index contributed by atoms with van der Waals surface area (Å²) in [4.78, 5) is 1.60. The third kappa shape index (κ3) is 2.66. The normalized spacial score (nSPS) is 20.9. The molecule has 2 N–H and O–H groups in total. The lowest BCUT2D eigenvalue weighted by atomic mass is 10.1. The van der Waals surface area contributed by atoms with Crippen LogP contribution in [0.15, 0.2) is 12.1 Å². The van der Waals surface area contributed by atoms with Gasteiger partial charge in [0.1, 0.15) is 0 Å². The Hall–Kier alpha value is -1.37. The van der Waals surface area contributed by atoms with Crippen LogP contribution in [0.4, 0.5) is 19.0 Å². The van der Waals surface area contributed by atoms with E-state index in [4.69, 9.17) is 5.73 Å². The van der Waals surface area contributed by atoms with E-state index >= 15 is 0 Å². The Morgan fingerprint density at radius 1 is 1.35 bits per heavy atom. The minimum atomic E-state index is -4.13. The molecular weight excluding hydrogens is 233 g/mol. The van der Waals surface area contributed by atoms with Gasteiger partial charge in [0.05, 0.1) is 11.6 Å². The number of alkyl halides is 3. The second-order valence-corrected chi connectivity index (χ2v) is 4.06. The van der Waals surface area contributed by atoms with Crippen molar-refractivity contribution in [2.75, 3.05) is 18.0 Å². The number of aromatic nitrogens is 2. The quantitative estimate of drug-likeness (QED) is 0.855. The monoisotopic (exact) mass is 246 g/mol. The molecule has 0 bridgehead atoms. The molecule has 1 fully saturated rings. The molecule has 0 radical (unpaired) electrons. The summed E-state index contributed by atoms with van der Waals surface area (Å²) >= 11 is 0. The van der Waals surface area contributed by atoms with Crippen LogP contribution in [0, 0.1) is 5.92 Å². The third-order valence-electron chi connectivity index (χ3n) is 2.89. The Morgan fingerprint density at radius 2 is 2.12 bits per heavy atom. The molecule has 4 nitrogen and oxygen atoms in total. The topological polar surface area (TPSA) is 55.0 Å². The van der Waals surface area contributed by atoms with Gasteiger partial charge in [0.15, 0.2) is 5.82 Å². The van der Waals surface area contributed by atoms with Gasteiger partial charge in [0, 0.05) is 19.6 Å². The number of nitrogens with zero attached hydrogens (tertiary/aromatic N) is 3. The zero-order valence-electron chi connectivity index (χ0n) is 9.11. The number of nitrogens with two attached hydrogens (primary N) is 1. The summed E-state index contributed by atoms with van der Waals surface area (Å²) in [6.07, 6.45) is -4.01. The smallest absolute Gasteiger partial charge is 0.354 e. The maximum absolute atomic E-state index is 12.5. The summed E-state index contributed by atoms with van der Waals surface area (Å²) in [6.45, 7) is 0.597. The van der Waals surface area contributed by atoms with Gasteiger partial charge in [-0.1, -0.05) is 0 Å². The van der Waals surface area contributed by atoms with Crippen molar-refractivity contribution >= 4 is 5.82 Å². The molecule has 1 aliphatic heterocycles. The van der Waals surface area contributed by atoms with E-state index in [2.05, 4.69) is 10.2 Å². The van der Waals surface area contributed by atoms with Crippen LogP contribution in [0.2, 0.25) is 0 Å². The predicted octanol–water partition coefficient (Wildman–Crippen LogP) is 1.32. The Labute approximate surface area is 96.6 Å². The lowest BCUT2D eigenvalue weighted by Crippen LogP contribution is -2.28. The second-order valence-electron chi connectivity index (χ2n) is 4.06. The number of hydrogen-bond acceptors (Lipinski definition) is 4. The Balaban J connectivity index is 2.05. The second kappa shape index (κ2) is 4.48. The Bertz CT molecular complexity index is 376. The fraction of sp³-hybridized carbons (Fsp3) is 0.600. The van der Waals surface area contributed by atoms with E-state index < -0.39 is 12.1 Å². The van der Waals surface area contributed by atoms with Crippen LogP contribution in [0.5, 0.6) is 0 Å². The van der Waals surface area contributed by atoms with Crippen LogP contribution in [0.3, 0.4) is 0 Å². The highest BCUT2D eigenvalue weighted by Gasteiger charge is 2.43. The summed E-state index contributed by atoms with van der Waals surface area (Å²) in [5.41, 5.74) is 5.99. The van der Waals surface area contributed by atoms with E-state index in [1.165, 1.54) is 0 Å². The minimum absolute atomic E-state index is 0.0415. The van der Waals surface area contributed by atoms with E-state index in [0.29, 0.717) is 18.1 Å². The average Bonchev–Trinajstić information content (AvgIpc) is 2.78. The lowest BCUT2D eigenvalue weighted by Gasteiger charge is -2.18. The van der Waals surface area contributed by atoms with Crippen molar-refractivity contribution in [1.29, 1.82) is 0 Å². The number of halogens is 3. The number of hydrogen-bond donors (Lipinski definition) is 1. The van der Waals surface area contributed by atoms with E-state index in [-0.39, 0.29) is 19.5 Å². The summed E-state index contributed by atoms with van der Waals surface area (Å²) in [6, 6.07) is 3.34. The van der Waals surface area contributed by atoms with Crippen LogP contribution in [-0.2, 0) is 6.54 Å². The Morgan fingerprint density at radius 3 is 2.59 bits per heavy atom. The summed E-state index contributed by atoms with van der Waals surface area (Å²) in [5, 5.41) is 7.71. The van der Waals surface area contributed by atoms with Crippen molar-refractivity contribution < 1.29 is 13.2 Å². The zero-order valence-corrected chi connectivity index (χ0v) is 9.11. The van der Waals surface area contributed by atoms with Gasteiger partial charge in [-0.25, -0.2) is 0 Å². The number of anilines is 1. The van der Waals surface area contributed by atoms with E-state index in [0.717, 1.165) is 0 Å². The fourth-order valence-electron chi connectivity index (χ4n) is 1.87. The lowest BCUT2D eigenvalue weighted by molar-refractivity contribution is -0.168. The van der Waals surface area contributed by atoms with Gasteiger partial charge < -0.3 is 10.6 Å². The van der Waals surface area contributed by atoms with E-state index in [1.807, 2.05) is 0 Å². The van der Waals surface area contributed by atoms with E-state index in [1.54, 1.807) is 17.0 Å². The molecule has 0 amide bonds.